The fourth-order valence-electron chi connectivity index (χ4n) is 2.37. The highest BCUT2D eigenvalue weighted by molar-refractivity contribution is 9.10. The topological polar surface area (TPSA) is 32.3 Å². The van der Waals surface area contributed by atoms with Crippen LogP contribution < -0.4 is 5.32 Å². The molecular formula is C19H23BrN2O. The summed E-state index contributed by atoms with van der Waals surface area (Å²) in [6.45, 7) is 5.93. The number of carbonyl (C=O) groups excluding carboxylic acids is 1. The molecule has 0 saturated carbocycles. The summed E-state index contributed by atoms with van der Waals surface area (Å²) < 4.78 is 0.961. The third-order valence-electron chi connectivity index (χ3n) is 3.69. The molecule has 0 aromatic heterocycles. The molecule has 0 aliphatic carbocycles. The Morgan fingerprint density at radius 2 is 1.87 bits per heavy atom. The number of nitrogens with one attached hydrogen (secondary N) is 1. The molecule has 2 aromatic rings. The van der Waals surface area contributed by atoms with Gasteiger partial charge in [-0.15, -0.1) is 0 Å². The number of hydrogen-bond acceptors (Lipinski definition) is 2. The summed E-state index contributed by atoms with van der Waals surface area (Å²) in [6.07, 6.45) is 0.484. The Balaban J connectivity index is 1.87. The molecule has 23 heavy (non-hydrogen) atoms. The molecule has 2 aromatic carbocycles. The van der Waals surface area contributed by atoms with Gasteiger partial charge in [0.25, 0.3) is 0 Å². The molecule has 0 spiro atoms. The Kier molecular flexibility index (Phi) is 6.81. The summed E-state index contributed by atoms with van der Waals surface area (Å²) >= 11 is 3.41. The predicted molar refractivity (Wildman–Crippen MR) is 99.4 cm³/mol. The Morgan fingerprint density at radius 3 is 2.52 bits per heavy atom. The molecule has 2 rings (SSSR count). The van der Waals surface area contributed by atoms with Gasteiger partial charge >= 0.3 is 0 Å². The lowest BCUT2D eigenvalue weighted by atomic mass is 10.2. The van der Waals surface area contributed by atoms with E-state index in [1.165, 1.54) is 5.56 Å². The van der Waals surface area contributed by atoms with Crippen molar-refractivity contribution in [1.82, 2.24) is 4.90 Å². The van der Waals surface area contributed by atoms with Gasteiger partial charge in [0.15, 0.2) is 0 Å². The van der Waals surface area contributed by atoms with Crippen molar-refractivity contribution in [3.05, 3.63) is 64.6 Å². The van der Waals surface area contributed by atoms with Gasteiger partial charge in [0.2, 0.25) is 5.91 Å². The second-order valence-electron chi connectivity index (χ2n) is 5.86. The summed E-state index contributed by atoms with van der Waals surface area (Å²) in [5.74, 6) is 0.0433. The van der Waals surface area contributed by atoms with Crippen molar-refractivity contribution >= 4 is 27.5 Å². The molecule has 0 saturated heterocycles. The summed E-state index contributed by atoms with van der Waals surface area (Å²) in [7, 11) is 0. The number of hydrogen-bond donors (Lipinski definition) is 1. The van der Waals surface area contributed by atoms with E-state index < -0.39 is 0 Å². The van der Waals surface area contributed by atoms with Gasteiger partial charge in [0.1, 0.15) is 0 Å². The highest BCUT2D eigenvalue weighted by Gasteiger charge is 2.12. The first-order valence-corrected chi connectivity index (χ1v) is 8.67. The van der Waals surface area contributed by atoms with Gasteiger partial charge in [0, 0.05) is 35.7 Å². The maximum Gasteiger partial charge on any atom is 0.225 e. The second kappa shape index (κ2) is 8.85. The number of nitrogens with zero attached hydrogens (tertiary/aromatic N) is 1. The molecule has 0 unspecified atom stereocenters. The first kappa shape index (κ1) is 17.7. The fourth-order valence-corrected chi connectivity index (χ4v) is 2.77. The van der Waals surface area contributed by atoms with Crippen molar-refractivity contribution in [3.63, 3.8) is 0 Å². The lowest BCUT2D eigenvalue weighted by Gasteiger charge is -2.26. The average Bonchev–Trinajstić information content (AvgIpc) is 2.52. The minimum Gasteiger partial charge on any atom is -0.326 e. The summed E-state index contributed by atoms with van der Waals surface area (Å²) in [6, 6.07) is 18.4. The molecule has 0 aliphatic heterocycles. The van der Waals surface area contributed by atoms with Crippen LogP contribution in [0.25, 0.3) is 0 Å². The van der Waals surface area contributed by atoms with Gasteiger partial charge < -0.3 is 5.32 Å². The van der Waals surface area contributed by atoms with Gasteiger partial charge in [-0.1, -0.05) is 52.3 Å². The van der Waals surface area contributed by atoms with Crippen LogP contribution in [0.1, 0.15) is 25.8 Å². The maximum absolute atomic E-state index is 12.2. The van der Waals surface area contributed by atoms with E-state index in [1.54, 1.807) is 0 Å². The van der Waals surface area contributed by atoms with Crippen molar-refractivity contribution in [2.75, 3.05) is 11.9 Å². The molecule has 4 heteroatoms. The molecule has 0 heterocycles. The smallest absolute Gasteiger partial charge is 0.225 e. The lowest BCUT2D eigenvalue weighted by Crippen LogP contribution is -2.33. The third kappa shape index (κ3) is 6.16. The molecule has 1 N–H and O–H groups in total. The Bertz CT molecular complexity index is 628. The van der Waals surface area contributed by atoms with Gasteiger partial charge in [0.05, 0.1) is 0 Å². The number of rotatable bonds is 7. The highest BCUT2D eigenvalue weighted by Crippen LogP contribution is 2.16. The van der Waals surface area contributed by atoms with E-state index >= 15 is 0 Å². The largest absolute Gasteiger partial charge is 0.326 e. The number of anilines is 1. The monoisotopic (exact) mass is 374 g/mol. The normalized spacial score (nSPS) is 11.0. The Hall–Kier alpha value is -1.65. The number of halogens is 1. The fraction of sp³-hybridized carbons (Fsp3) is 0.316. The van der Waals surface area contributed by atoms with Gasteiger partial charge in [-0.25, -0.2) is 0 Å². The maximum atomic E-state index is 12.2. The zero-order valence-electron chi connectivity index (χ0n) is 13.6. The summed E-state index contributed by atoms with van der Waals surface area (Å²) in [5.41, 5.74) is 2.09. The van der Waals surface area contributed by atoms with Crippen molar-refractivity contribution < 1.29 is 4.79 Å². The molecular weight excluding hydrogens is 352 g/mol. The van der Waals surface area contributed by atoms with E-state index in [2.05, 4.69) is 52.1 Å². The standard InChI is InChI=1S/C19H23BrN2O/c1-15(2)22(14-16-7-4-3-5-8-16)12-11-19(23)21-18-10-6-9-17(20)13-18/h3-10,13,15H,11-12,14H2,1-2H3,(H,21,23). The number of benzene rings is 2. The molecule has 0 atom stereocenters. The number of amides is 1. The first-order valence-electron chi connectivity index (χ1n) is 7.88. The molecule has 1 amide bonds. The van der Waals surface area contributed by atoms with E-state index in [0.29, 0.717) is 12.5 Å². The summed E-state index contributed by atoms with van der Waals surface area (Å²) in [4.78, 5) is 14.5. The van der Waals surface area contributed by atoms with Crippen LogP contribution in [0.15, 0.2) is 59.1 Å². The predicted octanol–water partition coefficient (Wildman–Crippen LogP) is 4.69. The van der Waals surface area contributed by atoms with E-state index in [-0.39, 0.29) is 5.91 Å². The van der Waals surface area contributed by atoms with Crippen LogP contribution in [0.3, 0.4) is 0 Å². The average molecular weight is 375 g/mol. The Labute approximate surface area is 146 Å². The molecule has 0 fully saturated rings. The molecule has 0 radical (unpaired) electrons. The zero-order valence-corrected chi connectivity index (χ0v) is 15.2. The van der Waals surface area contributed by atoms with Crippen molar-refractivity contribution in [2.24, 2.45) is 0 Å². The lowest BCUT2D eigenvalue weighted by molar-refractivity contribution is -0.116. The number of carbonyl (C=O) groups is 1. The van der Waals surface area contributed by atoms with Crippen LogP contribution >= 0.6 is 15.9 Å². The van der Waals surface area contributed by atoms with E-state index in [4.69, 9.17) is 0 Å². The Morgan fingerprint density at radius 1 is 1.13 bits per heavy atom. The minimum atomic E-state index is 0.0433. The molecule has 3 nitrogen and oxygen atoms in total. The van der Waals surface area contributed by atoms with E-state index in [1.807, 2.05) is 42.5 Å². The molecule has 0 aliphatic rings. The van der Waals surface area contributed by atoms with Crippen LogP contribution in [0.5, 0.6) is 0 Å². The molecule has 122 valence electrons. The van der Waals surface area contributed by atoms with Crippen LogP contribution in [-0.4, -0.2) is 23.4 Å². The van der Waals surface area contributed by atoms with E-state index in [0.717, 1.165) is 23.2 Å². The van der Waals surface area contributed by atoms with Gasteiger partial charge in [-0.2, -0.15) is 0 Å². The van der Waals surface area contributed by atoms with Crippen LogP contribution in [0.2, 0.25) is 0 Å². The highest BCUT2D eigenvalue weighted by atomic mass is 79.9. The quantitative estimate of drug-likeness (QED) is 0.762. The zero-order chi connectivity index (χ0) is 16.7. The van der Waals surface area contributed by atoms with Crippen molar-refractivity contribution in [1.29, 1.82) is 0 Å². The van der Waals surface area contributed by atoms with Crippen LogP contribution in [-0.2, 0) is 11.3 Å². The van der Waals surface area contributed by atoms with Crippen molar-refractivity contribution in [3.8, 4) is 0 Å². The summed E-state index contributed by atoms with van der Waals surface area (Å²) in [5, 5.41) is 2.95. The SMILES string of the molecule is CC(C)N(CCC(=O)Nc1cccc(Br)c1)Cc1ccccc1. The van der Waals surface area contributed by atoms with Gasteiger partial charge in [-0.3, -0.25) is 9.69 Å². The van der Waals surface area contributed by atoms with Crippen LogP contribution in [0, 0.1) is 0 Å². The van der Waals surface area contributed by atoms with E-state index in [9.17, 15) is 4.79 Å². The van der Waals surface area contributed by atoms with Crippen molar-refractivity contribution in [2.45, 2.75) is 32.9 Å². The van der Waals surface area contributed by atoms with Crippen LogP contribution in [0.4, 0.5) is 5.69 Å². The minimum absolute atomic E-state index is 0.0433. The second-order valence-corrected chi connectivity index (χ2v) is 6.77. The first-order chi connectivity index (χ1) is 11.0. The third-order valence-corrected chi connectivity index (χ3v) is 4.19. The van der Waals surface area contributed by atoms with Gasteiger partial charge in [-0.05, 0) is 37.6 Å². The molecule has 0 bridgehead atoms.